The van der Waals surface area contributed by atoms with Crippen LogP contribution >= 0.6 is 0 Å². The highest BCUT2D eigenvalue weighted by Gasteiger charge is 2.48. The Morgan fingerprint density at radius 2 is 1.97 bits per heavy atom. The van der Waals surface area contributed by atoms with Crippen LogP contribution in [-0.4, -0.2) is 35.6 Å². The summed E-state index contributed by atoms with van der Waals surface area (Å²) in [6.07, 6.45) is 9.95. The van der Waals surface area contributed by atoms with Gasteiger partial charge in [-0.05, 0) is 43.6 Å². The van der Waals surface area contributed by atoms with Gasteiger partial charge in [-0.15, -0.1) is 0 Å². The van der Waals surface area contributed by atoms with Crippen LogP contribution in [0.3, 0.4) is 0 Å². The number of halogens is 1. The van der Waals surface area contributed by atoms with Gasteiger partial charge in [0.05, 0.1) is 29.1 Å². The van der Waals surface area contributed by atoms with Gasteiger partial charge in [-0.2, -0.15) is 5.26 Å². The summed E-state index contributed by atoms with van der Waals surface area (Å²) in [5.41, 5.74) is 2.08. The van der Waals surface area contributed by atoms with Crippen molar-refractivity contribution in [3.8, 4) is 17.5 Å². The molecule has 0 unspecified atom stereocenters. The smallest absolute Gasteiger partial charge is 0.308 e. The highest BCUT2D eigenvalue weighted by atomic mass is 19.1. The number of H-pyrrole nitrogens is 1. The topological polar surface area (TPSA) is 120 Å². The predicted octanol–water partition coefficient (Wildman–Crippen LogP) is 4.05. The molecule has 0 aromatic carbocycles. The van der Waals surface area contributed by atoms with E-state index in [-0.39, 0.29) is 17.9 Å². The van der Waals surface area contributed by atoms with Crippen molar-refractivity contribution in [1.29, 1.82) is 5.26 Å². The van der Waals surface area contributed by atoms with Gasteiger partial charge in [0.1, 0.15) is 23.2 Å². The molecule has 0 saturated heterocycles. The molecule has 3 aliphatic rings. The van der Waals surface area contributed by atoms with Crippen molar-refractivity contribution >= 4 is 28.0 Å². The second kappa shape index (κ2) is 6.85. The molecule has 32 heavy (non-hydrogen) atoms. The second-order valence-electron chi connectivity index (χ2n) is 8.77. The fourth-order valence-electron chi connectivity index (χ4n) is 5.80. The number of hydrogen-bond donors (Lipinski definition) is 2. The Hall–Kier alpha value is -3.80. The number of rotatable bonds is 3. The molecule has 0 aliphatic heterocycles. The summed E-state index contributed by atoms with van der Waals surface area (Å²) >= 11 is 0. The lowest BCUT2D eigenvalue weighted by Gasteiger charge is -2.47. The minimum Gasteiger partial charge on any atom is -0.481 e. The average molecular weight is 430 g/mol. The van der Waals surface area contributed by atoms with Gasteiger partial charge in [0.2, 0.25) is 0 Å². The third-order valence-corrected chi connectivity index (χ3v) is 7.21. The molecule has 7 rings (SSSR count). The maximum atomic E-state index is 13.8. The Balaban J connectivity index is 1.56. The van der Waals surface area contributed by atoms with E-state index in [1.165, 1.54) is 6.07 Å². The predicted molar refractivity (Wildman–Crippen MR) is 113 cm³/mol. The van der Waals surface area contributed by atoms with Gasteiger partial charge in [-0.25, -0.2) is 19.3 Å². The summed E-state index contributed by atoms with van der Waals surface area (Å²) in [5, 5.41) is 20.9. The van der Waals surface area contributed by atoms with Crippen LogP contribution in [0, 0.1) is 34.9 Å². The minimum absolute atomic E-state index is 0.134. The van der Waals surface area contributed by atoms with E-state index in [4.69, 9.17) is 4.98 Å². The minimum atomic E-state index is -0.794. The molecule has 2 atom stereocenters. The summed E-state index contributed by atoms with van der Waals surface area (Å²) < 4.78 is 15.7. The molecule has 160 valence electrons. The molecule has 4 aromatic rings. The maximum absolute atomic E-state index is 13.8. The summed E-state index contributed by atoms with van der Waals surface area (Å²) in [6, 6.07) is 3.32. The fraction of sp³-hybridized carbons (Fsp3) is 0.348. The summed E-state index contributed by atoms with van der Waals surface area (Å²) in [5.74, 6) is -1.03. The number of aliphatic carboxylic acids is 1. The molecule has 8 nitrogen and oxygen atoms in total. The largest absolute Gasteiger partial charge is 0.481 e. The van der Waals surface area contributed by atoms with Gasteiger partial charge < -0.3 is 14.7 Å². The highest BCUT2D eigenvalue weighted by molar-refractivity contribution is 5.93. The van der Waals surface area contributed by atoms with Crippen molar-refractivity contribution in [2.45, 2.75) is 31.7 Å². The Morgan fingerprint density at radius 3 is 2.72 bits per heavy atom. The monoisotopic (exact) mass is 430 g/mol. The van der Waals surface area contributed by atoms with E-state index in [0.717, 1.165) is 31.9 Å². The zero-order chi connectivity index (χ0) is 22.0. The van der Waals surface area contributed by atoms with Gasteiger partial charge >= 0.3 is 5.97 Å². The van der Waals surface area contributed by atoms with Gasteiger partial charge in [0.15, 0.2) is 5.82 Å². The van der Waals surface area contributed by atoms with Crippen LogP contribution in [0.15, 0.2) is 30.9 Å². The molecule has 9 heteroatoms. The summed E-state index contributed by atoms with van der Waals surface area (Å²) in [7, 11) is 0. The average Bonchev–Trinajstić information content (AvgIpc) is 3.39. The molecule has 2 N–H and O–H groups in total. The molecule has 4 aromatic heterocycles. The Kier molecular flexibility index (Phi) is 4.05. The zero-order valence-electron chi connectivity index (χ0n) is 17.0. The van der Waals surface area contributed by atoms with Crippen molar-refractivity contribution in [2.24, 2.45) is 17.8 Å². The van der Waals surface area contributed by atoms with Gasteiger partial charge in [0, 0.05) is 29.5 Å². The molecular weight excluding hydrogens is 411 g/mol. The van der Waals surface area contributed by atoms with E-state index in [1.54, 1.807) is 18.6 Å². The van der Waals surface area contributed by atoms with Gasteiger partial charge in [-0.1, -0.05) is 0 Å². The SMILES string of the molecule is N#Cc1cn([C@H]2C3CCC(CC3)[C@@H]2C(=O)O)c2nc(-c3c[nH]c4ncc(F)cc34)ncc12. The molecule has 4 heterocycles. The molecule has 3 aliphatic carbocycles. The first kappa shape index (κ1) is 18.9. The van der Waals surface area contributed by atoms with Crippen LogP contribution in [0.5, 0.6) is 0 Å². The number of fused-ring (bicyclic) bond motifs is 5. The van der Waals surface area contributed by atoms with Crippen LogP contribution in [0.1, 0.15) is 37.3 Å². The fourth-order valence-corrected chi connectivity index (χ4v) is 5.80. The van der Waals surface area contributed by atoms with E-state index in [0.29, 0.717) is 39.0 Å². The number of aromatic nitrogens is 5. The number of carboxylic acid groups (broad SMARTS) is 1. The number of pyridine rings is 1. The zero-order valence-corrected chi connectivity index (χ0v) is 17.0. The molecule has 3 fully saturated rings. The number of hydrogen-bond acceptors (Lipinski definition) is 5. The van der Waals surface area contributed by atoms with Crippen LogP contribution in [0.2, 0.25) is 0 Å². The standard InChI is InChI=1S/C23H19FN6O2/c24-14-5-15-17(9-27-20(15)26-7-14)21-28-8-16-13(6-25)10-30(22(16)29-21)19-12-3-1-11(2-4-12)18(19)23(31)32/h5,7-12,18-19H,1-4H2,(H,26,27)(H,31,32)/t11?,12?,18-,19-/m0/s1. The number of carboxylic acids is 1. The van der Waals surface area contributed by atoms with Gasteiger partial charge in [0.25, 0.3) is 0 Å². The Labute approximate surface area is 181 Å². The number of nitrogens with zero attached hydrogens (tertiary/aromatic N) is 5. The lowest BCUT2D eigenvalue weighted by atomic mass is 9.61. The van der Waals surface area contributed by atoms with Crippen LogP contribution in [-0.2, 0) is 4.79 Å². The number of aromatic amines is 1. The maximum Gasteiger partial charge on any atom is 0.308 e. The Bertz CT molecular complexity index is 1430. The third kappa shape index (κ3) is 2.65. The first-order chi connectivity index (χ1) is 15.5. The normalized spacial score (nSPS) is 24.8. The van der Waals surface area contributed by atoms with E-state index in [1.807, 2.05) is 4.57 Å². The van der Waals surface area contributed by atoms with E-state index >= 15 is 0 Å². The third-order valence-electron chi connectivity index (χ3n) is 7.21. The molecule has 3 saturated carbocycles. The highest BCUT2D eigenvalue weighted by Crippen LogP contribution is 2.52. The van der Waals surface area contributed by atoms with Crippen molar-refractivity contribution in [1.82, 2.24) is 24.5 Å². The van der Waals surface area contributed by atoms with Crippen molar-refractivity contribution < 1.29 is 14.3 Å². The number of nitriles is 1. The van der Waals surface area contributed by atoms with Crippen LogP contribution in [0.4, 0.5) is 4.39 Å². The van der Waals surface area contributed by atoms with E-state index < -0.39 is 17.7 Å². The first-order valence-electron chi connectivity index (χ1n) is 10.7. The molecular formula is C23H19FN6O2. The molecule has 2 bridgehead atoms. The number of carbonyl (C=O) groups is 1. The van der Waals surface area contributed by atoms with Crippen molar-refractivity contribution in [3.63, 3.8) is 0 Å². The lowest BCUT2D eigenvalue weighted by Crippen LogP contribution is -2.44. The van der Waals surface area contributed by atoms with Crippen LogP contribution in [0.25, 0.3) is 33.5 Å². The van der Waals surface area contributed by atoms with Crippen molar-refractivity contribution in [3.05, 3.63) is 42.2 Å². The summed E-state index contributed by atoms with van der Waals surface area (Å²) in [6.45, 7) is 0. The lowest BCUT2D eigenvalue weighted by molar-refractivity contribution is -0.151. The first-order valence-corrected chi connectivity index (χ1v) is 10.7. The molecule has 0 radical (unpaired) electrons. The van der Waals surface area contributed by atoms with E-state index in [2.05, 4.69) is 21.0 Å². The quantitative estimate of drug-likeness (QED) is 0.506. The van der Waals surface area contributed by atoms with Gasteiger partial charge in [-0.3, -0.25) is 4.79 Å². The Morgan fingerprint density at radius 1 is 1.19 bits per heavy atom. The van der Waals surface area contributed by atoms with Crippen LogP contribution < -0.4 is 0 Å². The number of nitrogens with one attached hydrogen (secondary N) is 1. The van der Waals surface area contributed by atoms with Crippen molar-refractivity contribution in [2.75, 3.05) is 0 Å². The molecule has 0 spiro atoms. The second-order valence-corrected chi connectivity index (χ2v) is 8.77. The van der Waals surface area contributed by atoms with E-state index in [9.17, 15) is 19.6 Å². The molecule has 0 amide bonds. The summed E-state index contributed by atoms with van der Waals surface area (Å²) in [4.78, 5) is 28.5.